The van der Waals surface area contributed by atoms with Crippen LogP contribution in [0, 0.1) is 0 Å². The van der Waals surface area contributed by atoms with E-state index in [4.69, 9.17) is 4.55 Å². The van der Waals surface area contributed by atoms with E-state index in [0.29, 0.717) is 0 Å². The molecule has 0 aliphatic rings. The van der Waals surface area contributed by atoms with Crippen molar-refractivity contribution in [1.82, 2.24) is 0 Å². The van der Waals surface area contributed by atoms with Gasteiger partial charge in [0.1, 0.15) is 0 Å². The van der Waals surface area contributed by atoms with Gasteiger partial charge < -0.3 is 4.74 Å². The van der Waals surface area contributed by atoms with Crippen LogP contribution in [0.15, 0.2) is 11.6 Å². The molecular weight excluding hydrogens is 303 g/mol. The normalized spacial score (nSPS) is 16.1. The molecule has 0 saturated carbocycles. The molecule has 11 heteroatoms. The number of hydrogen-bond donors (Lipinski definition) is 1. The fourth-order valence-corrected chi connectivity index (χ4v) is 1.23. The van der Waals surface area contributed by atoms with Gasteiger partial charge in [0.15, 0.2) is 0 Å². The van der Waals surface area contributed by atoms with Crippen LogP contribution in [-0.2, 0) is 19.6 Å². The highest BCUT2D eigenvalue weighted by Crippen LogP contribution is 2.38. The number of carbonyl (C=O) groups excluding carboxylic acids is 1. The first-order valence-electron chi connectivity index (χ1n) is 4.50. The maximum absolute atomic E-state index is 13.0. The summed E-state index contributed by atoms with van der Waals surface area (Å²) in [5.41, 5.74) is -0.444. The van der Waals surface area contributed by atoms with Crippen molar-refractivity contribution in [1.29, 1.82) is 0 Å². The van der Waals surface area contributed by atoms with E-state index >= 15 is 0 Å². The Morgan fingerprint density at radius 3 is 1.95 bits per heavy atom. The summed E-state index contributed by atoms with van der Waals surface area (Å²) in [5, 5.41) is -5.71. The molecule has 0 radical (unpaired) electrons. The average molecular weight is 312 g/mol. The molecule has 0 aliphatic carbocycles. The lowest BCUT2D eigenvalue weighted by molar-refractivity contribution is -0.257. The third-order valence-corrected chi connectivity index (χ3v) is 2.83. The van der Waals surface area contributed by atoms with Gasteiger partial charge in [0.25, 0.3) is 6.10 Å². The Morgan fingerprint density at radius 1 is 1.26 bits per heavy atom. The first kappa shape index (κ1) is 17.8. The molecule has 0 fully saturated rings. The summed E-state index contributed by atoms with van der Waals surface area (Å²) in [5.74, 6) is -1.78. The zero-order valence-corrected chi connectivity index (χ0v) is 10.3. The van der Waals surface area contributed by atoms with Gasteiger partial charge in [-0.05, 0) is 13.8 Å². The van der Waals surface area contributed by atoms with Gasteiger partial charge in [0, 0.05) is 5.57 Å². The van der Waals surface area contributed by atoms with Gasteiger partial charge in [0.2, 0.25) is 0 Å². The smallest absolute Gasteiger partial charge is 0.432 e. The minimum absolute atomic E-state index is 0.444. The van der Waals surface area contributed by atoms with Gasteiger partial charge in [0.05, 0.1) is 0 Å². The minimum atomic E-state index is -6.41. The van der Waals surface area contributed by atoms with Crippen LogP contribution in [0.25, 0.3) is 0 Å². The number of ether oxygens (including phenoxy) is 1. The molecule has 0 aromatic heterocycles. The van der Waals surface area contributed by atoms with Crippen LogP contribution in [0.3, 0.4) is 0 Å². The van der Waals surface area contributed by atoms with Crippen LogP contribution in [0.5, 0.6) is 0 Å². The molecule has 0 heterocycles. The Labute approximate surface area is 104 Å². The molecule has 0 spiro atoms. The molecule has 5 nitrogen and oxygen atoms in total. The van der Waals surface area contributed by atoms with E-state index in [0.717, 1.165) is 13.0 Å². The number of hydrogen-bond acceptors (Lipinski definition) is 4. The van der Waals surface area contributed by atoms with E-state index in [1.807, 2.05) is 0 Å². The van der Waals surface area contributed by atoms with E-state index in [1.54, 1.807) is 0 Å². The molecule has 0 aromatic rings. The predicted octanol–water partition coefficient (Wildman–Crippen LogP) is 1.91. The summed E-state index contributed by atoms with van der Waals surface area (Å²) in [6.07, 6.45) is -9.22. The van der Waals surface area contributed by atoms with Crippen LogP contribution in [0.1, 0.15) is 13.8 Å². The first-order valence-corrected chi connectivity index (χ1v) is 5.94. The molecule has 0 aliphatic heterocycles. The molecular formula is C8H9F5O5S. The summed E-state index contributed by atoms with van der Waals surface area (Å²) in [6.45, 7) is 2.20. The lowest BCUT2D eigenvalue weighted by atomic mass is 10.3. The topological polar surface area (TPSA) is 80.7 Å². The highest BCUT2D eigenvalue weighted by molar-refractivity contribution is 7.86. The van der Waals surface area contributed by atoms with Crippen LogP contribution in [-0.4, -0.2) is 36.5 Å². The van der Waals surface area contributed by atoms with Crippen LogP contribution in [0.4, 0.5) is 22.0 Å². The molecule has 112 valence electrons. The molecule has 0 aromatic carbocycles. The number of allylic oxidation sites excluding steroid dienone is 1. The standard InChI is InChI=1S/C8H9F5O5S/c1-3-4(2)5(14)18-6(7(9,10)11)8(12,13)19(15,16)17/h3,6H,1-2H3,(H,15,16,17)/b4-3+. The van der Waals surface area contributed by atoms with Gasteiger partial charge in [-0.3, -0.25) is 4.55 Å². The number of alkyl halides is 5. The Morgan fingerprint density at radius 2 is 1.68 bits per heavy atom. The predicted molar refractivity (Wildman–Crippen MR) is 51.9 cm³/mol. The van der Waals surface area contributed by atoms with Crippen LogP contribution < -0.4 is 0 Å². The monoisotopic (exact) mass is 312 g/mol. The highest BCUT2D eigenvalue weighted by atomic mass is 32.2. The third kappa shape index (κ3) is 4.13. The molecule has 0 saturated heterocycles. The van der Waals surface area contributed by atoms with Gasteiger partial charge >= 0.3 is 27.5 Å². The Hall–Kier alpha value is -1.23. The molecule has 19 heavy (non-hydrogen) atoms. The third-order valence-electron chi connectivity index (χ3n) is 1.93. The summed E-state index contributed by atoms with van der Waals surface area (Å²) in [7, 11) is -6.41. The van der Waals surface area contributed by atoms with Crippen LogP contribution >= 0.6 is 0 Å². The molecule has 1 unspecified atom stereocenters. The van der Waals surface area contributed by atoms with Crippen molar-refractivity contribution in [3.63, 3.8) is 0 Å². The fourth-order valence-electron chi connectivity index (χ4n) is 0.779. The largest absolute Gasteiger partial charge is 0.441 e. The van der Waals surface area contributed by atoms with Crippen molar-refractivity contribution >= 4 is 16.1 Å². The average Bonchev–Trinajstić information content (AvgIpc) is 2.20. The number of esters is 1. The van der Waals surface area contributed by atoms with Crippen LogP contribution in [0.2, 0.25) is 0 Å². The second kappa shape index (κ2) is 5.41. The lowest BCUT2D eigenvalue weighted by Gasteiger charge is -2.26. The van der Waals surface area contributed by atoms with E-state index in [1.165, 1.54) is 6.92 Å². The Bertz CT molecular complexity index is 478. The Balaban J connectivity index is 5.59. The second-order valence-corrected chi connectivity index (χ2v) is 4.83. The zero-order chi connectivity index (χ0) is 15.6. The van der Waals surface area contributed by atoms with Crippen molar-refractivity contribution < 1.29 is 44.5 Å². The van der Waals surface area contributed by atoms with Gasteiger partial charge in [-0.15, -0.1) is 0 Å². The van der Waals surface area contributed by atoms with Gasteiger partial charge in [-0.1, -0.05) is 6.08 Å². The summed E-state index contributed by atoms with van der Waals surface area (Å²) in [6, 6.07) is 0. The number of carbonyl (C=O) groups is 1. The SMILES string of the molecule is C/C=C(\C)C(=O)OC(C(F)(F)F)C(F)(F)S(=O)(=O)O. The zero-order valence-electron chi connectivity index (χ0n) is 9.53. The fraction of sp³-hybridized carbons (Fsp3) is 0.625. The molecule has 1 atom stereocenters. The quantitative estimate of drug-likeness (QED) is 0.371. The van der Waals surface area contributed by atoms with E-state index < -0.39 is 39.2 Å². The summed E-state index contributed by atoms with van der Waals surface area (Å²) >= 11 is 0. The molecule has 1 N–H and O–H groups in total. The second-order valence-electron chi connectivity index (χ2n) is 3.34. The maximum atomic E-state index is 13.0. The van der Waals surface area contributed by atoms with Crippen molar-refractivity contribution in [3.8, 4) is 0 Å². The van der Waals surface area contributed by atoms with E-state index in [-0.39, 0.29) is 0 Å². The van der Waals surface area contributed by atoms with Crippen molar-refractivity contribution in [3.05, 3.63) is 11.6 Å². The van der Waals surface area contributed by atoms with E-state index in [9.17, 15) is 35.2 Å². The number of halogens is 5. The summed E-state index contributed by atoms with van der Waals surface area (Å²) in [4.78, 5) is 11.0. The minimum Gasteiger partial charge on any atom is -0.441 e. The Kier molecular flexibility index (Phi) is 5.06. The van der Waals surface area contributed by atoms with Gasteiger partial charge in [-0.25, -0.2) is 4.79 Å². The molecule has 0 bridgehead atoms. The van der Waals surface area contributed by atoms with E-state index in [2.05, 4.69) is 4.74 Å². The van der Waals surface area contributed by atoms with Crippen molar-refractivity contribution in [2.75, 3.05) is 0 Å². The van der Waals surface area contributed by atoms with Crippen molar-refractivity contribution in [2.24, 2.45) is 0 Å². The maximum Gasteiger partial charge on any atom is 0.432 e. The lowest BCUT2D eigenvalue weighted by Crippen LogP contribution is -2.52. The highest BCUT2D eigenvalue weighted by Gasteiger charge is 2.66. The van der Waals surface area contributed by atoms with Gasteiger partial charge in [-0.2, -0.15) is 30.4 Å². The first-order chi connectivity index (χ1) is 8.25. The molecule has 0 amide bonds. The summed E-state index contributed by atoms with van der Waals surface area (Å²) < 4.78 is 95.0. The van der Waals surface area contributed by atoms with Crippen molar-refractivity contribution in [2.45, 2.75) is 31.4 Å². The number of rotatable bonds is 4. The molecule has 0 rings (SSSR count).